The Morgan fingerprint density at radius 3 is 3.00 bits per heavy atom. The van der Waals surface area contributed by atoms with Crippen molar-refractivity contribution >= 4 is 39.3 Å². The van der Waals surface area contributed by atoms with Crippen molar-refractivity contribution < 1.29 is 19.4 Å². The van der Waals surface area contributed by atoms with E-state index >= 15 is 0 Å². The number of halogens is 1. The van der Waals surface area contributed by atoms with Crippen LogP contribution in [0.5, 0.6) is 0 Å². The minimum atomic E-state index is -0.718. The molecule has 1 amide bonds. The average molecular weight is 327 g/mol. The maximum atomic E-state index is 11.7. The number of nitrogens with zero attached hydrogens (tertiary/aromatic N) is 1. The van der Waals surface area contributed by atoms with Crippen molar-refractivity contribution in [1.29, 1.82) is 0 Å². The number of amides is 1. The summed E-state index contributed by atoms with van der Waals surface area (Å²) in [5.74, 6) is -1.46. The van der Waals surface area contributed by atoms with Crippen molar-refractivity contribution in [3.63, 3.8) is 0 Å². The van der Waals surface area contributed by atoms with E-state index in [2.05, 4.69) is 26.2 Å². The second kappa shape index (κ2) is 5.40. The number of pyridine rings is 1. The first kappa shape index (κ1) is 13.5. The summed E-state index contributed by atoms with van der Waals surface area (Å²) in [6.45, 7) is 1.81. The van der Waals surface area contributed by atoms with Gasteiger partial charge in [0.25, 0.3) is 0 Å². The Hall–Kier alpha value is -1.89. The summed E-state index contributed by atoms with van der Waals surface area (Å²) in [5, 5.41) is 12.7. The van der Waals surface area contributed by atoms with Gasteiger partial charge < -0.3 is 15.2 Å². The lowest BCUT2D eigenvalue weighted by Gasteiger charge is -2.07. The number of rotatable bonds is 2. The van der Waals surface area contributed by atoms with Crippen LogP contribution in [0, 0.1) is 0 Å². The first-order chi connectivity index (χ1) is 9.02. The van der Waals surface area contributed by atoms with Crippen molar-refractivity contribution in [3.05, 3.63) is 28.0 Å². The monoisotopic (exact) mass is 326 g/mol. The number of aliphatic hydroxyl groups is 1. The Balaban J connectivity index is 2.55. The molecule has 0 aromatic carbocycles. The topological polar surface area (TPSA) is 88.5 Å². The quantitative estimate of drug-likeness (QED) is 0.641. The molecule has 0 saturated heterocycles. The molecule has 0 unspecified atom stereocenters. The number of esters is 1. The number of aliphatic hydroxyl groups excluding tert-OH is 1. The standard InChI is InChI=1S/C12H11BrN2O4/c1-2-19-12(18)6-5-9(16)14-7-3-4-8(13)15-10(7)11(6)17/h3-4,17H,2,5H2,1H3,(H,14,16). The molecule has 2 rings (SSSR count). The molecule has 1 aromatic rings. The van der Waals surface area contributed by atoms with Gasteiger partial charge in [0, 0.05) is 0 Å². The molecular formula is C12H11BrN2O4. The van der Waals surface area contributed by atoms with Crippen LogP contribution in [0.1, 0.15) is 19.0 Å². The second-order valence-electron chi connectivity index (χ2n) is 3.80. The summed E-state index contributed by atoms with van der Waals surface area (Å²) in [6.07, 6.45) is -0.251. The highest BCUT2D eigenvalue weighted by atomic mass is 79.9. The lowest BCUT2D eigenvalue weighted by molar-refractivity contribution is -0.139. The minimum absolute atomic E-state index is 0.0938. The zero-order valence-electron chi connectivity index (χ0n) is 10.1. The Morgan fingerprint density at radius 2 is 2.32 bits per heavy atom. The highest BCUT2D eigenvalue weighted by Gasteiger charge is 2.27. The van der Waals surface area contributed by atoms with E-state index in [4.69, 9.17) is 4.74 Å². The van der Waals surface area contributed by atoms with Gasteiger partial charge in [-0.2, -0.15) is 0 Å². The number of aromatic nitrogens is 1. The molecule has 1 aromatic heterocycles. The zero-order valence-corrected chi connectivity index (χ0v) is 11.7. The number of fused-ring (bicyclic) bond motifs is 1. The molecule has 2 N–H and O–H groups in total. The molecule has 0 atom stereocenters. The molecular weight excluding hydrogens is 316 g/mol. The summed E-state index contributed by atoms with van der Waals surface area (Å²) in [5.41, 5.74) is 0.400. The minimum Gasteiger partial charge on any atom is -0.505 e. The maximum absolute atomic E-state index is 11.7. The van der Waals surface area contributed by atoms with Crippen LogP contribution in [0.25, 0.3) is 5.76 Å². The van der Waals surface area contributed by atoms with Gasteiger partial charge in [0.2, 0.25) is 5.91 Å². The van der Waals surface area contributed by atoms with Gasteiger partial charge in [0.15, 0.2) is 5.76 Å². The van der Waals surface area contributed by atoms with Crippen LogP contribution in [0.15, 0.2) is 22.3 Å². The van der Waals surface area contributed by atoms with Crippen LogP contribution in [0.2, 0.25) is 0 Å². The van der Waals surface area contributed by atoms with Crippen LogP contribution >= 0.6 is 15.9 Å². The van der Waals surface area contributed by atoms with E-state index in [1.54, 1.807) is 19.1 Å². The van der Waals surface area contributed by atoms with Crippen LogP contribution in [-0.4, -0.2) is 28.6 Å². The van der Waals surface area contributed by atoms with Crippen LogP contribution < -0.4 is 5.32 Å². The number of anilines is 1. The second-order valence-corrected chi connectivity index (χ2v) is 4.62. The fourth-order valence-electron chi connectivity index (χ4n) is 1.69. The zero-order chi connectivity index (χ0) is 14.0. The van der Waals surface area contributed by atoms with Gasteiger partial charge in [-0.05, 0) is 35.0 Å². The van der Waals surface area contributed by atoms with E-state index in [9.17, 15) is 14.7 Å². The number of nitrogens with one attached hydrogen (secondary N) is 1. The van der Waals surface area contributed by atoms with Crippen molar-refractivity contribution in [2.24, 2.45) is 0 Å². The van der Waals surface area contributed by atoms with E-state index < -0.39 is 11.9 Å². The molecule has 0 spiro atoms. The number of carbonyl (C=O) groups excluding carboxylic acids is 2. The molecule has 0 saturated carbocycles. The van der Waals surface area contributed by atoms with E-state index in [0.717, 1.165) is 0 Å². The summed E-state index contributed by atoms with van der Waals surface area (Å²) in [7, 11) is 0. The molecule has 6 nitrogen and oxygen atoms in total. The number of hydrogen-bond acceptors (Lipinski definition) is 5. The van der Waals surface area contributed by atoms with Crippen molar-refractivity contribution in [3.8, 4) is 0 Å². The molecule has 0 bridgehead atoms. The predicted molar refractivity (Wildman–Crippen MR) is 71.4 cm³/mol. The fraction of sp³-hybridized carbons (Fsp3) is 0.250. The van der Waals surface area contributed by atoms with Gasteiger partial charge in [0.1, 0.15) is 10.3 Å². The first-order valence-corrected chi connectivity index (χ1v) is 6.38. The first-order valence-electron chi connectivity index (χ1n) is 5.59. The van der Waals surface area contributed by atoms with Crippen molar-refractivity contribution in [1.82, 2.24) is 4.98 Å². The normalized spacial score (nSPS) is 14.5. The predicted octanol–water partition coefficient (Wildman–Crippen LogP) is 2.02. The van der Waals surface area contributed by atoms with Gasteiger partial charge in [-0.15, -0.1) is 0 Å². The molecule has 1 aliphatic rings. The summed E-state index contributed by atoms with van der Waals surface area (Å²) >= 11 is 3.17. The Kier molecular flexibility index (Phi) is 3.84. The number of hydrogen-bond donors (Lipinski definition) is 2. The molecule has 0 fully saturated rings. The molecule has 0 aliphatic carbocycles. The van der Waals surface area contributed by atoms with Gasteiger partial charge in [-0.1, -0.05) is 0 Å². The Bertz CT molecular complexity index is 583. The lowest BCUT2D eigenvalue weighted by Crippen LogP contribution is -2.15. The van der Waals surface area contributed by atoms with E-state index in [0.29, 0.717) is 10.3 Å². The smallest absolute Gasteiger partial charge is 0.338 e. The fourth-order valence-corrected chi connectivity index (χ4v) is 1.99. The molecule has 100 valence electrons. The molecule has 2 heterocycles. The van der Waals surface area contributed by atoms with Crippen molar-refractivity contribution in [2.45, 2.75) is 13.3 Å². The van der Waals surface area contributed by atoms with Gasteiger partial charge in [-0.25, -0.2) is 9.78 Å². The Labute approximate surface area is 117 Å². The molecule has 19 heavy (non-hydrogen) atoms. The third kappa shape index (κ3) is 2.76. The third-order valence-corrected chi connectivity index (χ3v) is 2.95. The highest BCUT2D eigenvalue weighted by Crippen LogP contribution is 2.29. The molecule has 1 aliphatic heterocycles. The summed E-state index contributed by atoms with van der Waals surface area (Å²) in [4.78, 5) is 27.5. The van der Waals surface area contributed by atoms with Crippen LogP contribution in [0.3, 0.4) is 0 Å². The largest absolute Gasteiger partial charge is 0.505 e. The van der Waals surface area contributed by atoms with Crippen molar-refractivity contribution in [2.75, 3.05) is 11.9 Å². The average Bonchev–Trinajstić information content (AvgIpc) is 2.48. The highest BCUT2D eigenvalue weighted by molar-refractivity contribution is 9.10. The third-order valence-electron chi connectivity index (χ3n) is 2.50. The maximum Gasteiger partial charge on any atom is 0.338 e. The Morgan fingerprint density at radius 1 is 1.58 bits per heavy atom. The van der Waals surface area contributed by atoms with Gasteiger partial charge in [0.05, 0.1) is 24.3 Å². The lowest BCUT2D eigenvalue weighted by atomic mass is 10.1. The summed E-state index contributed by atoms with van der Waals surface area (Å²) in [6, 6.07) is 3.22. The number of carbonyl (C=O) groups is 2. The molecule has 7 heteroatoms. The van der Waals surface area contributed by atoms with E-state index in [1.165, 1.54) is 0 Å². The summed E-state index contributed by atoms with van der Waals surface area (Å²) < 4.78 is 5.31. The van der Waals surface area contributed by atoms with E-state index in [-0.39, 0.29) is 30.1 Å². The van der Waals surface area contributed by atoms with E-state index in [1.807, 2.05) is 0 Å². The molecule has 0 radical (unpaired) electrons. The van der Waals surface area contributed by atoms with Crippen LogP contribution in [-0.2, 0) is 14.3 Å². The SMILES string of the molecule is CCOC(=O)C1=C(O)c2nc(Br)ccc2NC(=O)C1. The number of ether oxygens (including phenoxy) is 1. The van der Waals surface area contributed by atoms with Gasteiger partial charge >= 0.3 is 5.97 Å². The van der Waals surface area contributed by atoms with Gasteiger partial charge in [-0.3, -0.25) is 4.79 Å². The van der Waals surface area contributed by atoms with Crippen LogP contribution in [0.4, 0.5) is 5.69 Å².